The summed E-state index contributed by atoms with van der Waals surface area (Å²) in [4.78, 5) is 18.0. The normalized spacial score (nSPS) is 14.8. The summed E-state index contributed by atoms with van der Waals surface area (Å²) < 4.78 is 0. The molecule has 0 saturated heterocycles. The summed E-state index contributed by atoms with van der Waals surface area (Å²) in [5, 5.41) is 11.8. The Balaban J connectivity index is 1.25. The van der Waals surface area contributed by atoms with Gasteiger partial charge in [0.15, 0.2) is 17.5 Å². The second-order valence-corrected chi connectivity index (χ2v) is 15.3. The van der Waals surface area contributed by atoms with Crippen LogP contribution in [0.5, 0.6) is 0 Å². The van der Waals surface area contributed by atoms with Crippen molar-refractivity contribution in [1.82, 2.24) is 15.0 Å². The van der Waals surface area contributed by atoms with Crippen LogP contribution in [0, 0.1) is 11.3 Å². The highest BCUT2D eigenvalue weighted by Crippen LogP contribution is 2.64. The summed E-state index contributed by atoms with van der Waals surface area (Å²) in [6.07, 6.45) is 0. The van der Waals surface area contributed by atoms with Crippen LogP contribution in [0.1, 0.15) is 27.8 Å². The van der Waals surface area contributed by atoms with Crippen molar-refractivity contribution >= 4 is 22.5 Å². The minimum atomic E-state index is -0.637. The second kappa shape index (κ2) is 12.7. The molecule has 9 aromatic rings. The van der Waals surface area contributed by atoms with Crippen LogP contribution in [0.25, 0.3) is 67.2 Å². The van der Waals surface area contributed by atoms with E-state index in [1.807, 2.05) is 60.3 Å². The van der Waals surface area contributed by atoms with E-state index in [1.165, 1.54) is 43.2 Å². The minimum absolute atomic E-state index is 0.632. The van der Waals surface area contributed by atoms with E-state index in [0.29, 0.717) is 23.0 Å². The number of fused-ring (bicyclic) bond motifs is 11. The zero-order valence-corrected chi connectivity index (χ0v) is 30.8. The summed E-state index contributed by atoms with van der Waals surface area (Å²) >= 11 is 1.83. The molecule has 0 saturated carbocycles. The molecular formula is C51H30N4S. The van der Waals surface area contributed by atoms with Gasteiger partial charge >= 0.3 is 0 Å². The summed E-state index contributed by atoms with van der Waals surface area (Å²) in [5.41, 5.74) is 12.4. The molecule has 0 bridgehead atoms. The number of hydrogen-bond donors (Lipinski definition) is 0. The number of nitrogens with zero attached hydrogens (tertiary/aromatic N) is 4. The van der Waals surface area contributed by atoms with E-state index in [-0.39, 0.29) is 0 Å². The molecule has 2 aliphatic rings. The minimum Gasteiger partial charge on any atom is -0.208 e. The first-order valence-electron chi connectivity index (χ1n) is 18.7. The Kier molecular flexibility index (Phi) is 7.35. The third-order valence-electron chi connectivity index (χ3n) is 11.2. The van der Waals surface area contributed by atoms with Crippen LogP contribution in [0.4, 0.5) is 0 Å². The van der Waals surface area contributed by atoms with E-state index in [9.17, 15) is 5.26 Å². The molecule has 0 radical (unpaired) electrons. The fourth-order valence-electron chi connectivity index (χ4n) is 8.79. The van der Waals surface area contributed by atoms with Crippen molar-refractivity contribution in [2.24, 2.45) is 0 Å². The monoisotopic (exact) mass is 730 g/mol. The highest BCUT2D eigenvalue weighted by molar-refractivity contribution is 7.99. The van der Waals surface area contributed by atoms with Gasteiger partial charge in [-0.3, -0.25) is 0 Å². The fourth-order valence-corrected chi connectivity index (χ4v) is 9.96. The van der Waals surface area contributed by atoms with Crippen LogP contribution in [-0.4, -0.2) is 15.0 Å². The van der Waals surface area contributed by atoms with Crippen molar-refractivity contribution in [3.63, 3.8) is 0 Å². The van der Waals surface area contributed by atoms with Gasteiger partial charge in [0.25, 0.3) is 0 Å². The standard InChI is InChI=1S/C51H30N4S/c52-31-32-23-25-33(26-24-32)36-27-28-46-43(29-36)51(42-21-11-12-22-45(42)56-46)41-20-10-9-19-39(41)47-38-18-8-7-17-37(38)40(30-44(47)51)50-54-48(34-13-3-1-4-14-34)53-49(55-50)35-15-5-2-6-16-35/h1-30H. The lowest BCUT2D eigenvalue weighted by Crippen LogP contribution is -2.32. The maximum Gasteiger partial charge on any atom is 0.164 e. The summed E-state index contributed by atoms with van der Waals surface area (Å²) in [6, 6.07) is 66.3. The maximum atomic E-state index is 9.54. The molecule has 2 heterocycles. The third kappa shape index (κ3) is 4.83. The topological polar surface area (TPSA) is 62.5 Å². The molecule has 1 aliphatic heterocycles. The summed E-state index contributed by atoms with van der Waals surface area (Å²) in [6.45, 7) is 0. The van der Waals surface area contributed by atoms with Gasteiger partial charge in [0.05, 0.1) is 17.0 Å². The van der Waals surface area contributed by atoms with Crippen LogP contribution >= 0.6 is 11.8 Å². The Morgan fingerprint density at radius 1 is 0.411 bits per heavy atom. The molecule has 56 heavy (non-hydrogen) atoms. The molecule has 4 nitrogen and oxygen atoms in total. The molecule has 0 N–H and O–H groups in total. The Morgan fingerprint density at radius 2 is 0.982 bits per heavy atom. The highest BCUT2D eigenvalue weighted by Gasteiger charge is 2.51. The quantitative estimate of drug-likeness (QED) is 0.180. The van der Waals surface area contributed by atoms with Crippen molar-refractivity contribution in [1.29, 1.82) is 5.26 Å². The molecule has 5 heteroatoms. The molecule has 1 aliphatic carbocycles. The maximum absolute atomic E-state index is 9.54. The first-order chi connectivity index (χ1) is 27.7. The lowest BCUT2D eigenvalue weighted by atomic mass is 9.66. The van der Waals surface area contributed by atoms with Gasteiger partial charge in [-0.1, -0.05) is 157 Å². The van der Waals surface area contributed by atoms with E-state index in [4.69, 9.17) is 15.0 Å². The molecule has 1 atom stereocenters. The Hall–Kier alpha value is -7.13. The summed E-state index contributed by atoms with van der Waals surface area (Å²) in [5.74, 6) is 1.90. The van der Waals surface area contributed by atoms with Gasteiger partial charge in [-0.2, -0.15) is 5.26 Å². The smallest absolute Gasteiger partial charge is 0.164 e. The van der Waals surface area contributed by atoms with Crippen LogP contribution < -0.4 is 0 Å². The average molecular weight is 731 g/mol. The molecule has 8 aromatic carbocycles. The molecule has 1 aromatic heterocycles. The van der Waals surface area contributed by atoms with E-state index in [0.717, 1.165) is 38.6 Å². The van der Waals surface area contributed by atoms with Gasteiger partial charge < -0.3 is 0 Å². The van der Waals surface area contributed by atoms with E-state index in [2.05, 4.69) is 140 Å². The van der Waals surface area contributed by atoms with Gasteiger partial charge in [0, 0.05) is 26.5 Å². The van der Waals surface area contributed by atoms with Gasteiger partial charge in [0.2, 0.25) is 0 Å². The zero-order chi connectivity index (χ0) is 37.2. The molecule has 0 amide bonds. The summed E-state index contributed by atoms with van der Waals surface area (Å²) in [7, 11) is 0. The van der Waals surface area contributed by atoms with Gasteiger partial charge in [-0.05, 0) is 91.7 Å². The number of rotatable bonds is 4. The predicted octanol–water partition coefficient (Wildman–Crippen LogP) is 12.4. The molecular weight excluding hydrogens is 701 g/mol. The molecule has 1 unspecified atom stereocenters. The zero-order valence-electron chi connectivity index (χ0n) is 30.0. The number of hydrogen-bond acceptors (Lipinski definition) is 5. The van der Waals surface area contributed by atoms with Crippen molar-refractivity contribution < 1.29 is 0 Å². The van der Waals surface area contributed by atoms with Crippen molar-refractivity contribution in [2.75, 3.05) is 0 Å². The van der Waals surface area contributed by atoms with E-state index < -0.39 is 5.41 Å². The number of benzene rings is 8. The van der Waals surface area contributed by atoms with Crippen LogP contribution in [0.3, 0.4) is 0 Å². The molecule has 0 fully saturated rings. The van der Waals surface area contributed by atoms with Crippen molar-refractivity contribution in [3.05, 3.63) is 210 Å². The highest BCUT2D eigenvalue weighted by atomic mass is 32.2. The first-order valence-corrected chi connectivity index (χ1v) is 19.5. The van der Waals surface area contributed by atoms with Crippen molar-refractivity contribution in [2.45, 2.75) is 15.2 Å². The van der Waals surface area contributed by atoms with E-state index >= 15 is 0 Å². The molecule has 11 rings (SSSR count). The van der Waals surface area contributed by atoms with E-state index in [1.54, 1.807) is 0 Å². The van der Waals surface area contributed by atoms with Gasteiger partial charge in [0.1, 0.15) is 0 Å². The molecule has 260 valence electrons. The van der Waals surface area contributed by atoms with Crippen molar-refractivity contribution in [3.8, 4) is 62.5 Å². The predicted molar refractivity (Wildman–Crippen MR) is 225 cm³/mol. The second-order valence-electron chi connectivity index (χ2n) is 14.2. The fraction of sp³-hybridized carbons (Fsp3) is 0.0196. The third-order valence-corrected chi connectivity index (χ3v) is 12.4. The Morgan fingerprint density at radius 3 is 1.70 bits per heavy atom. The van der Waals surface area contributed by atoms with Crippen LogP contribution in [-0.2, 0) is 5.41 Å². The largest absolute Gasteiger partial charge is 0.208 e. The Labute approximate surface area is 328 Å². The lowest BCUT2D eigenvalue weighted by molar-refractivity contribution is 0.723. The number of aromatic nitrogens is 3. The molecule has 1 spiro atoms. The average Bonchev–Trinajstić information content (AvgIpc) is 3.57. The SMILES string of the molecule is N#Cc1ccc(-c2ccc3c(c2)C2(c4ccccc4S3)c3ccccc3-c3c2cc(-c2nc(-c4ccccc4)nc(-c4ccccc4)n2)c2ccccc32)cc1. The lowest BCUT2D eigenvalue weighted by Gasteiger charge is -2.40. The number of nitriles is 1. The van der Waals surface area contributed by atoms with Crippen LogP contribution in [0.15, 0.2) is 192 Å². The van der Waals surface area contributed by atoms with Crippen LogP contribution in [0.2, 0.25) is 0 Å². The first kappa shape index (κ1) is 32.3. The van der Waals surface area contributed by atoms with Gasteiger partial charge in [-0.15, -0.1) is 0 Å². The van der Waals surface area contributed by atoms with Gasteiger partial charge in [-0.25, -0.2) is 15.0 Å². The Bertz CT molecular complexity index is 3000.